The number of hydrogen-bond donors (Lipinski definition) is 0. The Balaban J connectivity index is 1.98. The maximum Gasteiger partial charge on any atom is 0.133 e. The predicted molar refractivity (Wildman–Crippen MR) is 74.3 cm³/mol. The van der Waals surface area contributed by atoms with Crippen LogP contribution >= 0.6 is 0 Å². The molecule has 0 saturated heterocycles. The number of ketones is 1. The molecule has 1 nitrogen and oxygen atoms in total. The number of hydrogen-bond acceptors (Lipinski definition) is 1. The van der Waals surface area contributed by atoms with E-state index in [9.17, 15) is 4.79 Å². The molecule has 0 bridgehead atoms. The summed E-state index contributed by atoms with van der Waals surface area (Å²) in [6, 6.07) is 0. The van der Waals surface area contributed by atoms with Gasteiger partial charge in [-0.15, -0.1) is 0 Å². The number of rotatable bonds is 0. The smallest absolute Gasteiger partial charge is 0.133 e. The molecule has 3 aliphatic rings. The van der Waals surface area contributed by atoms with Crippen molar-refractivity contribution in [3.05, 3.63) is 22.3 Å². The van der Waals surface area contributed by atoms with Gasteiger partial charge in [-0.05, 0) is 75.4 Å². The SMILES string of the molecule is C/C1=C2\CCCC\C2=C(/C)C[C@@H]2CC(=O)C[C@H]2C1. The summed E-state index contributed by atoms with van der Waals surface area (Å²) in [6.45, 7) is 4.64. The first-order chi connectivity index (χ1) is 8.65. The Morgan fingerprint density at radius 2 is 1.22 bits per heavy atom. The summed E-state index contributed by atoms with van der Waals surface area (Å²) in [7, 11) is 0. The third-order valence-corrected chi connectivity index (χ3v) is 5.28. The Labute approximate surface area is 110 Å². The van der Waals surface area contributed by atoms with Crippen molar-refractivity contribution in [3.63, 3.8) is 0 Å². The lowest BCUT2D eigenvalue weighted by Crippen LogP contribution is -2.15. The first kappa shape index (κ1) is 12.2. The Bertz CT molecular complexity index is 399. The van der Waals surface area contributed by atoms with Crippen molar-refractivity contribution in [2.75, 3.05) is 0 Å². The molecule has 1 heteroatoms. The average molecular weight is 244 g/mol. The summed E-state index contributed by atoms with van der Waals surface area (Å²) in [6.07, 6.45) is 9.33. The minimum Gasteiger partial charge on any atom is -0.300 e. The van der Waals surface area contributed by atoms with E-state index >= 15 is 0 Å². The van der Waals surface area contributed by atoms with E-state index < -0.39 is 0 Å². The Kier molecular flexibility index (Phi) is 3.17. The van der Waals surface area contributed by atoms with E-state index in [4.69, 9.17) is 0 Å². The normalized spacial score (nSPS) is 41.1. The lowest BCUT2D eigenvalue weighted by Gasteiger charge is -2.30. The van der Waals surface area contributed by atoms with Crippen LogP contribution in [0.5, 0.6) is 0 Å². The summed E-state index contributed by atoms with van der Waals surface area (Å²) in [5, 5.41) is 0. The first-order valence-electron chi connectivity index (χ1n) is 7.54. The van der Waals surface area contributed by atoms with Crippen molar-refractivity contribution in [1.82, 2.24) is 0 Å². The van der Waals surface area contributed by atoms with Gasteiger partial charge < -0.3 is 0 Å². The van der Waals surface area contributed by atoms with Crippen LogP contribution in [0.2, 0.25) is 0 Å². The first-order valence-corrected chi connectivity index (χ1v) is 7.54. The van der Waals surface area contributed by atoms with Gasteiger partial charge in [0.1, 0.15) is 5.78 Å². The Hall–Kier alpha value is -0.850. The number of carbonyl (C=O) groups is 1. The molecule has 98 valence electrons. The standard InChI is InChI=1S/C17H24O/c1-11-7-13-9-15(18)10-14(13)8-12(2)17-6-4-3-5-16(11)17/h13-14H,3-10H2,1-2H3/b16-11-,17-12-/t13-,14-/m1/s1. The lowest BCUT2D eigenvalue weighted by molar-refractivity contribution is -0.117. The van der Waals surface area contributed by atoms with Crippen molar-refractivity contribution in [3.8, 4) is 0 Å². The molecule has 0 aromatic heterocycles. The van der Waals surface area contributed by atoms with E-state index in [1.807, 2.05) is 0 Å². The zero-order chi connectivity index (χ0) is 12.7. The quantitative estimate of drug-likeness (QED) is 0.609. The molecule has 0 amide bonds. The number of fused-ring (bicyclic) bond motifs is 2. The van der Waals surface area contributed by atoms with Gasteiger partial charge in [0.2, 0.25) is 0 Å². The largest absolute Gasteiger partial charge is 0.300 e. The summed E-state index contributed by atoms with van der Waals surface area (Å²) < 4.78 is 0. The molecule has 0 heterocycles. The zero-order valence-corrected chi connectivity index (χ0v) is 11.7. The van der Waals surface area contributed by atoms with E-state index in [0.29, 0.717) is 17.6 Å². The minimum atomic E-state index is 0.505. The average Bonchev–Trinajstić information content (AvgIpc) is 2.68. The summed E-state index contributed by atoms with van der Waals surface area (Å²) in [5.74, 6) is 1.79. The fourth-order valence-electron chi connectivity index (χ4n) is 4.36. The van der Waals surface area contributed by atoms with Gasteiger partial charge in [0.15, 0.2) is 0 Å². The van der Waals surface area contributed by atoms with Gasteiger partial charge in [0, 0.05) is 12.8 Å². The molecule has 0 N–H and O–H groups in total. The van der Waals surface area contributed by atoms with Crippen LogP contribution in [0.25, 0.3) is 0 Å². The van der Waals surface area contributed by atoms with E-state index in [1.165, 1.54) is 38.5 Å². The third-order valence-electron chi connectivity index (χ3n) is 5.28. The minimum absolute atomic E-state index is 0.505. The van der Waals surface area contributed by atoms with Crippen molar-refractivity contribution < 1.29 is 4.79 Å². The second kappa shape index (κ2) is 4.68. The fourth-order valence-corrected chi connectivity index (χ4v) is 4.36. The highest BCUT2D eigenvalue weighted by Gasteiger charge is 2.35. The number of carbonyl (C=O) groups excluding carboxylic acids is 1. The molecule has 0 aromatic carbocycles. The highest BCUT2D eigenvalue weighted by atomic mass is 16.1. The second-order valence-corrected chi connectivity index (χ2v) is 6.60. The van der Waals surface area contributed by atoms with Gasteiger partial charge in [-0.3, -0.25) is 4.79 Å². The van der Waals surface area contributed by atoms with Gasteiger partial charge >= 0.3 is 0 Å². The molecule has 0 spiro atoms. The topological polar surface area (TPSA) is 17.1 Å². The zero-order valence-electron chi connectivity index (χ0n) is 11.7. The summed E-state index contributed by atoms with van der Waals surface area (Å²) >= 11 is 0. The molecule has 3 aliphatic carbocycles. The molecule has 0 unspecified atom stereocenters. The fraction of sp³-hybridized carbons (Fsp3) is 0.706. The van der Waals surface area contributed by atoms with E-state index in [2.05, 4.69) is 13.8 Å². The maximum atomic E-state index is 11.7. The van der Waals surface area contributed by atoms with Crippen LogP contribution in [0.3, 0.4) is 0 Å². The third kappa shape index (κ3) is 2.08. The van der Waals surface area contributed by atoms with Gasteiger partial charge in [-0.1, -0.05) is 11.1 Å². The highest BCUT2D eigenvalue weighted by molar-refractivity contribution is 5.81. The van der Waals surface area contributed by atoms with E-state index in [1.54, 1.807) is 22.3 Å². The predicted octanol–water partition coefficient (Wildman–Crippen LogP) is 4.58. The highest BCUT2D eigenvalue weighted by Crippen LogP contribution is 2.44. The van der Waals surface area contributed by atoms with E-state index in [0.717, 1.165) is 12.8 Å². The molecule has 18 heavy (non-hydrogen) atoms. The molecular weight excluding hydrogens is 220 g/mol. The molecule has 0 aromatic rings. The van der Waals surface area contributed by atoms with Crippen LogP contribution in [0.15, 0.2) is 22.3 Å². The van der Waals surface area contributed by atoms with Crippen LogP contribution < -0.4 is 0 Å². The molecule has 2 fully saturated rings. The van der Waals surface area contributed by atoms with Crippen LogP contribution in [-0.2, 0) is 4.79 Å². The molecule has 0 aliphatic heterocycles. The molecular formula is C17H24O. The lowest BCUT2D eigenvalue weighted by atomic mass is 9.75. The Morgan fingerprint density at radius 3 is 1.67 bits per heavy atom. The van der Waals surface area contributed by atoms with E-state index in [-0.39, 0.29) is 0 Å². The van der Waals surface area contributed by atoms with Crippen LogP contribution in [-0.4, -0.2) is 5.78 Å². The Morgan fingerprint density at radius 1 is 0.778 bits per heavy atom. The summed E-state index contributed by atoms with van der Waals surface area (Å²) in [4.78, 5) is 11.7. The number of allylic oxidation sites excluding steroid dienone is 4. The molecule has 2 atom stereocenters. The van der Waals surface area contributed by atoms with Crippen molar-refractivity contribution in [2.45, 2.75) is 65.2 Å². The van der Waals surface area contributed by atoms with Gasteiger partial charge in [-0.2, -0.15) is 0 Å². The van der Waals surface area contributed by atoms with Crippen molar-refractivity contribution in [1.29, 1.82) is 0 Å². The molecule has 3 rings (SSSR count). The summed E-state index contributed by atoms with van der Waals surface area (Å²) in [5.41, 5.74) is 6.51. The number of Topliss-reactive ketones (excluding diaryl/α,β-unsaturated/α-hetero) is 1. The van der Waals surface area contributed by atoms with Crippen LogP contribution in [0, 0.1) is 11.8 Å². The van der Waals surface area contributed by atoms with Crippen LogP contribution in [0.4, 0.5) is 0 Å². The van der Waals surface area contributed by atoms with Gasteiger partial charge in [0.05, 0.1) is 0 Å². The maximum absolute atomic E-state index is 11.7. The van der Waals surface area contributed by atoms with Gasteiger partial charge in [-0.25, -0.2) is 0 Å². The van der Waals surface area contributed by atoms with Crippen molar-refractivity contribution >= 4 is 5.78 Å². The van der Waals surface area contributed by atoms with Crippen LogP contribution in [0.1, 0.15) is 65.2 Å². The monoisotopic (exact) mass is 244 g/mol. The molecule has 2 saturated carbocycles. The second-order valence-electron chi connectivity index (χ2n) is 6.60. The van der Waals surface area contributed by atoms with Gasteiger partial charge in [0.25, 0.3) is 0 Å². The molecule has 0 radical (unpaired) electrons. The van der Waals surface area contributed by atoms with Crippen molar-refractivity contribution in [2.24, 2.45) is 11.8 Å².